The first kappa shape index (κ1) is 22.0. The molecule has 1 unspecified atom stereocenters. The third kappa shape index (κ3) is 3.77. The van der Waals surface area contributed by atoms with E-state index < -0.39 is 20.6 Å². The van der Waals surface area contributed by atoms with Crippen LogP contribution in [0.15, 0.2) is 54.6 Å². The van der Waals surface area contributed by atoms with E-state index in [4.69, 9.17) is 46.4 Å². The molecular formula is C19H12Cl4O5S. The monoisotopic (exact) mass is 492 g/mol. The average Bonchev–Trinajstić information content (AvgIpc) is 2.58. The van der Waals surface area contributed by atoms with Gasteiger partial charge in [0.2, 0.25) is 0 Å². The molecule has 0 saturated heterocycles. The van der Waals surface area contributed by atoms with Gasteiger partial charge >= 0.3 is 0 Å². The molecule has 0 fully saturated rings. The third-order valence-electron chi connectivity index (χ3n) is 4.36. The van der Waals surface area contributed by atoms with Crippen LogP contribution in [0.5, 0.6) is 11.5 Å². The van der Waals surface area contributed by atoms with Gasteiger partial charge in [0.15, 0.2) is 4.75 Å². The minimum atomic E-state index is -5.09. The maximum atomic E-state index is 13.0. The zero-order chi connectivity index (χ0) is 21.6. The Morgan fingerprint density at radius 3 is 1.76 bits per heavy atom. The molecule has 0 aliphatic heterocycles. The largest absolute Gasteiger partial charge is 0.508 e. The van der Waals surface area contributed by atoms with Gasteiger partial charge < -0.3 is 10.2 Å². The van der Waals surface area contributed by atoms with Gasteiger partial charge in [-0.2, -0.15) is 8.42 Å². The molecule has 0 bridgehead atoms. The van der Waals surface area contributed by atoms with Crippen LogP contribution in [0.3, 0.4) is 0 Å². The van der Waals surface area contributed by atoms with Gasteiger partial charge in [0.1, 0.15) is 11.5 Å². The zero-order valence-corrected chi connectivity index (χ0v) is 18.1. The molecule has 152 valence electrons. The molecule has 29 heavy (non-hydrogen) atoms. The normalized spacial score (nSPS) is 13.8. The minimum Gasteiger partial charge on any atom is -0.508 e. The lowest BCUT2D eigenvalue weighted by atomic mass is 9.83. The lowest BCUT2D eigenvalue weighted by Crippen LogP contribution is -2.39. The minimum absolute atomic E-state index is 0.00323. The highest BCUT2D eigenvalue weighted by Gasteiger charge is 2.52. The Bertz CT molecular complexity index is 1170. The first-order valence-electron chi connectivity index (χ1n) is 7.89. The van der Waals surface area contributed by atoms with Gasteiger partial charge in [-0.1, -0.05) is 64.6 Å². The van der Waals surface area contributed by atoms with E-state index in [1.165, 1.54) is 36.4 Å². The molecule has 10 heteroatoms. The molecule has 3 aromatic rings. The Labute approximate surface area is 186 Å². The van der Waals surface area contributed by atoms with Crippen LogP contribution in [-0.2, 0) is 14.9 Å². The number of rotatable bonds is 4. The first-order valence-corrected chi connectivity index (χ1v) is 10.8. The fourth-order valence-electron chi connectivity index (χ4n) is 3.23. The summed E-state index contributed by atoms with van der Waals surface area (Å²) in [5.41, 5.74) is -0.515. The molecule has 1 atom stereocenters. The van der Waals surface area contributed by atoms with Crippen molar-refractivity contribution in [2.45, 2.75) is 4.75 Å². The van der Waals surface area contributed by atoms with Crippen LogP contribution >= 0.6 is 46.4 Å². The number of phenols is 2. The van der Waals surface area contributed by atoms with Crippen molar-refractivity contribution < 1.29 is 23.2 Å². The Morgan fingerprint density at radius 1 is 0.759 bits per heavy atom. The summed E-state index contributed by atoms with van der Waals surface area (Å²) >= 11 is 24.4. The van der Waals surface area contributed by atoms with Gasteiger partial charge in [-0.25, -0.2) is 0 Å². The molecule has 0 heterocycles. The summed E-state index contributed by atoms with van der Waals surface area (Å²) in [6.45, 7) is 0. The van der Waals surface area contributed by atoms with E-state index in [9.17, 15) is 23.2 Å². The predicted molar refractivity (Wildman–Crippen MR) is 114 cm³/mol. The van der Waals surface area contributed by atoms with Crippen molar-refractivity contribution in [2.24, 2.45) is 0 Å². The maximum absolute atomic E-state index is 13.0. The second-order valence-electron chi connectivity index (χ2n) is 6.11. The second kappa shape index (κ2) is 7.87. The number of hydrogen-bond donors (Lipinski definition) is 3. The highest BCUT2D eigenvalue weighted by atomic mass is 35.5. The van der Waals surface area contributed by atoms with Crippen LogP contribution in [0.4, 0.5) is 0 Å². The van der Waals surface area contributed by atoms with Crippen LogP contribution in [0.1, 0.15) is 16.7 Å². The summed E-state index contributed by atoms with van der Waals surface area (Å²) in [4.78, 5) is 0. The molecular weight excluding hydrogens is 482 g/mol. The maximum Gasteiger partial charge on any atom is 0.283 e. The molecule has 0 aromatic heterocycles. The number of hydrogen-bond acceptors (Lipinski definition) is 4. The summed E-state index contributed by atoms with van der Waals surface area (Å²) < 4.78 is 34.0. The second-order valence-corrected chi connectivity index (χ2v) is 9.36. The van der Waals surface area contributed by atoms with Crippen LogP contribution in [0, 0.1) is 0 Å². The van der Waals surface area contributed by atoms with Gasteiger partial charge in [0.25, 0.3) is 10.1 Å². The molecule has 0 aliphatic carbocycles. The molecule has 0 saturated carbocycles. The van der Waals surface area contributed by atoms with Gasteiger partial charge in [0, 0.05) is 21.2 Å². The zero-order valence-electron chi connectivity index (χ0n) is 14.3. The quantitative estimate of drug-likeness (QED) is 0.311. The number of halogens is 4. The topological polar surface area (TPSA) is 94.8 Å². The van der Waals surface area contributed by atoms with E-state index in [0.29, 0.717) is 5.02 Å². The SMILES string of the molecule is O=S(=O)(O)C(c1ccc(Cl)cc1)(c1ccc(Cl)cc1O)c1c(Cl)cc(O)cc1Cl. The van der Waals surface area contributed by atoms with E-state index in [-0.39, 0.29) is 37.5 Å². The molecule has 0 amide bonds. The van der Waals surface area contributed by atoms with Crippen molar-refractivity contribution in [1.82, 2.24) is 0 Å². The highest BCUT2D eigenvalue weighted by Crippen LogP contribution is 2.52. The molecule has 3 aromatic carbocycles. The lowest BCUT2D eigenvalue weighted by Gasteiger charge is -2.34. The van der Waals surface area contributed by atoms with Gasteiger partial charge in [0.05, 0.1) is 10.0 Å². The average molecular weight is 494 g/mol. The van der Waals surface area contributed by atoms with Gasteiger partial charge in [-0.15, -0.1) is 0 Å². The van der Waals surface area contributed by atoms with Crippen molar-refractivity contribution in [3.63, 3.8) is 0 Å². The summed E-state index contributed by atoms with van der Waals surface area (Å²) in [6.07, 6.45) is 0. The molecule has 0 radical (unpaired) electrons. The Balaban J connectivity index is 2.61. The van der Waals surface area contributed by atoms with Gasteiger partial charge in [-0.05, 0) is 42.0 Å². The third-order valence-corrected chi connectivity index (χ3v) is 6.87. The highest BCUT2D eigenvalue weighted by molar-refractivity contribution is 7.87. The first-order chi connectivity index (χ1) is 13.5. The summed E-state index contributed by atoms with van der Waals surface area (Å²) in [6, 6.07) is 11.4. The van der Waals surface area contributed by atoms with E-state index in [1.54, 1.807) is 0 Å². The Kier molecular flexibility index (Phi) is 5.98. The van der Waals surface area contributed by atoms with Crippen LogP contribution in [0.2, 0.25) is 20.1 Å². The van der Waals surface area contributed by atoms with E-state index >= 15 is 0 Å². The standard InChI is InChI=1S/C19H12Cl4O5S/c20-11-3-1-10(2-4-11)19(29(26,27)28,14-6-5-12(21)7-17(14)25)18-15(22)8-13(24)9-16(18)23/h1-9,24-25H,(H,26,27,28). The number of benzene rings is 3. The molecule has 5 nitrogen and oxygen atoms in total. The lowest BCUT2D eigenvalue weighted by molar-refractivity contribution is 0.440. The smallest absolute Gasteiger partial charge is 0.283 e. The number of aromatic hydroxyl groups is 2. The van der Waals surface area contributed by atoms with Gasteiger partial charge in [-0.3, -0.25) is 4.55 Å². The van der Waals surface area contributed by atoms with Crippen LogP contribution in [-0.4, -0.2) is 23.2 Å². The van der Waals surface area contributed by atoms with Crippen molar-refractivity contribution >= 4 is 56.5 Å². The Morgan fingerprint density at radius 2 is 1.28 bits per heavy atom. The molecule has 3 N–H and O–H groups in total. The van der Waals surface area contributed by atoms with Crippen molar-refractivity contribution in [2.75, 3.05) is 0 Å². The van der Waals surface area contributed by atoms with Crippen molar-refractivity contribution in [3.05, 3.63) is 91.4 Å². The van der Waals surface area contributed by atoms with Crippen molar-refractivity contribution in [1.29, 1.82) is 0 Å². The van der Waals surface area contributed by atoms with E-state index in [1.807, 2.05) is 0 Å². The molecule has 3 rings (SSSR count). The summed E-state index contributed by atoms with van der Waals surface area (Å²) in [5.74, 6) is -0.838. The van der Waals surface area contributed by atoms with E-state index in [2.05, 4.69) is 0 Å². The fourth-order valence-corrected chi connectivity index (χ4v) is 5.76. The Hall–Kier alpha value is -1.67. The van der Waals surface area contributed by atoms with E-state index in [0.717, 1.165) is 18.2 Å². The molecule has 0 spiro atoms. The summed E-state index contributed by atoms with van der Waals surface area (Å²) in [5, 5.41) is 20.3. The number of phenolic OH excluding ortho intramolecular Hbond substituents is 2. The van der Waals surface area contributed by atoms with Crippen LogP contribution in [0.25, 0.3) is 0 Å². The van der Waals surface area contributed by atoms with Crippen LogP contribution < -0.4 is 0 Å². The van der Waals surface area contributed by atoms with Crippen molar-refractivity contribution in [3.8, 4) is 11.5 Å². The fraction of sp³-hybridized carbons (Fsp3) is 0.0526. The summed E-state index contributed by atoms with van der Waals surface area (Å²) in [7, 11) is -5.09. The molecule has 0 aliphatic rings. The predicted octanol–water partition coefficient (Wildman–Crippen LogP) is 5.89.